The van der Waals surface area contributed by atoms with Crippen molar-refractivity contribution in [2.75, 3.05) is 31.1 Å². The van der Waals surface area contributed by atoms with Gasteiger partial charge in [-0.25, -0.2) is 4.21 Å². The van der Waals surface area contributed by atoms with Crippen molar-refractivity contribution in [3.63, 3.8) is 0 Å². The monoisotopic (exact) mass is 327 g/mol. The van der Waals surface area contributed by atoms with Crippen molar-refractivity contribution in [1.82, 2.24) is 4.90 Å². The van der Waals surface area contributed by atoms with Crippen molar-refractivity contribution in [2.24, 2.45) is 3.77 Å². The number of sulfonamides is 1. The summed E-state index contributed by atoms with van der Waals surface area (Å²) in [7, 11) is -6.67. The minimum Gasteiger partial charge on any atom is -0.289 e. The van der Waals surface area contributed by atoms with E-state index >= 15 is 0 Å². The van der Waals surface area contributed by atoms with Crippen molar-refractivity contribution in [3.05, 3.63) is 29.8 Å². The smallest absolute Gasteiger partial charge is 0.289 e. The van der Waals surface area contributed by atoms with E-state index in [0.29, 0.717) is 13.1 Å². The molecule has 21 heavy (non-hydrogen) atoms. The van der Waals surface area contributed by atoms with Gasteiger partial charge in [-0.3, -0.25) is 4.90 Å². The topological polar surface area (TPSA) is 90.6 Å². The van der Waals surface area contributed by atoms with Crippen molar-refractivity contribution in [1.29, 1.82) is 5.26 Å². The van der Waals surface area contributed by atoms with E-state index in [1.807, 2.05) is 17.9 Å². The highest BCUT2D eigenvalue weighted by Crippen LogP contribution is 2.17. The van der Waals surface area contributed by atoms with Crippen LogP contribution in [0.15, 0.2) is 32.9 Å². The standard InChI is InChI=1S/C13H17N3O3S2/c1-12-2-4-13(5-3-12)21(18,19)15-20(17)10-8-16(7-6-14)9-11-20/h2-5H,7-11H2,1H3. The molecule has 1 saturated heterocycles. The van der Waals surface area contributed by atoms with Gasteiger partial charge in [0.15, 0.2) is 0 Å². The summed E-state index contributed by atoms with van der Waals surface area (Å²) in [6.07, 6.45) is 0. The second-order valence-corrected chi connectivity index (χ2v) is 9.36. The Kier molecular flexibility index (Phi) is 4.66. The maximum absolute atomic E-state index is 12.6. The summed E-state index contributed by atoms with van der Waals surface area (Å²) in [6, 6.07) is 8.35. The molecule has 0 aliphatic carbocycles. The summed E-state index contributed by atoms with van der Waals surface area (Å²) in [5, 5.41) is 8.62. The Bertz CT molecular complexity index is 756. The predicted molar refractivity (Wildman–Crippen MR) is 80.7 cm³/mol. The summed E-state index contributed by atoms with van der Waals surface area (Å²) in [5.41, 5.74) is 0.947. The molecule has 1 aromatic carbocycles. The van der Waals surface area contributed by atoms with Crippen LogP contribution in [0.2, 0.25) is 0 Å². The van der Waals surface area contributed by atoms with Crippen LogP contribution in [0.25, 0.3) is 0 Å². The van der Waals surface area contributed by atoms with Crippen LogP contribution in [0.1, 0.15) is 5.56 Å². The molecule has 1 aliphatic rings. The van der Waals surface area contributed by atoms with E-state index in [0.717, 1.165) is 5.56 Å². The van der Waals surface area contributed by atoms with Gasteiger partial charge in [0.2, 0.25) is 0 Å². The largest absolute Gasteiger partial charge is 0.290 e. The van der Waals surface area contributed by atoms with Gasteiger partial charge in [-0.1, -0.05) is 17.7 Å². The van der Waals surface area contributed by atoms with Crippen molar-refractivity contribution in [3.8, 4) is 6.07 Å². The number of aryl methyl sites for hydroxylation is 1. The number of nitriles is 1. The molecule has 0 saturated carbocycles. The highest BCUT2D eigenvalue weighted by atomic mass is 32.3. The van der Waals surface area contributed by atoms with Crippen LogP contribution in [0.5, 0.6) is 0 Å². The number of nitrogens with zero attached hydrogens (tertiary/aromatic N) is 3. The molecule has 0 aromatic heterocycles. The minimum absolute atomic E-state index is 0.0651. The van der Waals surface area contributed by atoms with E-state index < -0.39 is 19.8 Å². The number of rotatable bonds is 3. The molecule has 0 amide bonds. The molecule has 2 rings (SSSR count). The average Bonchev–Trinajstić information content (AvgIpc) is 2.42. The van der Waals surface area contributed by atoms with Gasteiger partial charge < -0.3 is 0 Å². The Labute approximate surface area is 125 Å². The van der Waals surface area contributed by atoms with Gasteiger partial charge >= 0.3 is 0 Å². The third-order valence-electron chi connectivity index (χ3n) is 3.30. The van der Waals surface area contributed by atoms with E-state index in [-0.39, 0.29) is 22.9 Å². The van der Waals surface area contributed by atoms with E-state index in [9.17, 15) is 12.6 Å². The fraction of sp³-hybridized carbons (Fsp3) is 0.462. The van der Waals surface area contributed by atoms with Crippen molar-refractivity contribution in [2.45, 2.75) is 11.8 Å². The lowest BCUT2D eigenvalue weighted by molar-refractivity contribution is 0.334. The first-order valence-electron chi connectivity index (χ1n) is 6.49. The van der Waals surface area contributed by atoms with Crippen molar-refractivity contribution >= 4 is 19.8 Å². The molecule has 0 atom stereocenters. The molecule has 0 N–H and O–H groups in total. The van der Waals surface area contributed by atoms with Gasteiger partial charge in [-0.15, -0.1) is 3.77 Å². The summed E-state index contributed by atoms with van der Waals surface area (Å²) in [6.45, 7) is 2.98. The van der Waals surface area contributed by atoms with Crippen molar-refractivity contribution < 1.29 is 12.6 Å². The average molecular weight is 327 g/mol. The molecule has 1 heterocycles. The van der Waals surface area contributed by atoms with Gasteiger partial charge in [0.05, 0.1) is 27.2 Å². The molecule has 6 nitrogen and oxygen atoms in total. The van der Waals surface area contributed by atoms with Crippen LogP contribution in [0.3, 0.4) is 0 Å². The van der Waals surface area contributed by atoms with Crippen LogP contribution in [0, 0.1) is 18.3 Å². The summed E-state index contributed by atoms with van der Waals surface area (Å²) in [4.78, 5) is 1.91. The Morgan fingerprint density at radius 1 is 1.29 bits per heavy atom. The lowest BCUT2D eigenvalue weighted by Gasteiger charge is -2.25. The normalized spacial score (nSPS) is 18.9. The first kappa shape index (κ1) is 15.9. The number of hydrogen-bond acceptors (Lipinski definition) is 5. The molecule has 0 radical (unpaired) electrons. The minimum atomic E-state index is -3.90. The zero-order valence-corrected chi connectivity index (χ0v) is 13.4. The third kappa shape index (κ3) is 4.03. The van der Waals surface area contributed by atoms with Crippen LogP contribution in [0.4, 0.5) is 0 Å². The predicted octanol–water partition coefficient (Wildman–Crippen LogP) is 0.991. The Balaban J connectivity index is 2.25. The van der Waals surface area contributed by atoms with Crippen LogP contribution < -0.4 is 0 Å². The molecule has 1 aliphatic heterocycles. The van der Waals surface area contributed by atoms with Crippen LogP contribution in [-0.2, 0) is 19.8 Å². The molecule has 1 fully saturated rings. The fourth-order valence-electron chi connectivity index (χ4n) is 2.02. The summed E-state index contributed by atoms with van der Waals surface area (Å²) < 4.78 is 40.7. The molecule has 0 spiro atoms. The molecular formula is C13H17N3O3S2. The molecule has 114 valence electrons. The molecule has 8 heteroatoms. The van der Waals surface area contributed by atoms with Gasteiger partial charge in [0, 0.05) is 24.6 Å². The van der Waals surface area contributed by atoms with Gasteiger partial charge in [-0.2, -0.15) is 13.7 Å². The Morgan fingerprint density at radius 2 is 1.86 bits per heavy atom. The first-order chi connectivity index (χ1) is 9.85. The van der Waals surface area contributed by atoms with Crippen LogP contribution >= 0.6 is 0 Å². The number of hydrogen-bond donors (Lipinski definition) is 0. The lowest BCUT2D eigenvalue weighted by atomic mass is 10.2. The second-order valence-electron chi connectivity index (χ2n) is 4.98. The maximum Gasteiger partial charge on any atom is 0.290 e. The zero-order chi connectivity index (χ0) is 15.5. The quantitative estimate of drug-likeness (QED) is 0.772. The van der Waals surface area contributed by atoms with E-state index in [1.165, 1.54) is 12.1 Å². The third-order valence-corrected chi connectivity index (χ3v) is 7.68. The summed E-state index contributed by atoms with van der Waals surface area (Å²) in [5.74, 6) is 0.361. The van der Waals surface area contributed by atoms with Gasteiger partial charge in [0.1, 0.15) is 0 Å². The Hall–Kier alpha value is -1.43. The zero-order valence-electron chi connectivity index (χ0n) is 11.7. The lowest BCUT2D eigenvalue weighted by Crippen LogP contribution is -2.40. The van der Waals surface area contributed by atoms with E-state index in [4.69, 9.17) is 5.26 Å². The fourth-order valence-corrected chi connectivity index (χ4v) is 6.16. The SMILES string of the molecule is Cc1ccc(S(=O)(=O)N=S2(=O)CCN(CC#N)CC2)cc1. The molecule has 0 bridgehead atoms. The maximum atomic E-state index is 12.6. The first-order valence-corrected chi connectivity index (χ1v) is 9.79. The highest BCUT2D eigenvalue weighted by Gasteiger charge is 2.24. The van der Waals surface area contributed by atoms with E-state index in [2.05, 4.69) is 3.77 Å². The molecular weight excluding hydrogens is 310 g/mol. The highest BCUT2D eigenvalue weighted by molar-refractivity contribution is 8.03. The molecule has 0 unspecified atom stereocenters. The van der Waals surface area contributed by atoms with Gasteiger partial charge in [0.25, 0.3) is 10.0 Å². The van der Waals surface area contributed by atoms with Crippen LogP contribution in [-0.4, -0.2) is 48.7 Å². The Morgan fingerprint density at radius 3 is 2.38 bits per heavy atom. The van der Waals surface area contributed by atoms with E-state index in [1.54, 1.807) is 12.1 Å². The summed E-state index contributed by atoms with van der Waals surface area (Å²) >= 11 is 0. The van der Waals surface area contributed by atoms with Gasteiger partial charge in [-0.05, 0) is 19.1 Å². The number of benzene rings is 1. The molecule has 1 aromatic rings. The second kappa shape index (κ2) is 6.13.